The fourth-order valence-corrected chi connectivity index (χ4v) is 4.81. The van der Waals surface area contributed by atoms with E-state index in [4.69, 9.17) is 5.73 Å². The molecule has 0 aromatic heterocycles. The van der Waals surface area contributed by atoms with Crippen molar-refractivity contribution in [1.82, 2.24) is 0 Å². The molecule has 0 aliphatic heterocycles. The zero-order chi connectivity index (χ0) is 25.7. The number of hydrogen-bond acceptors (Lipinski definition) is 2. The van der Waals surface area contributed by atoms with E-state index < -0.39 is 0 Å². The van der Waals surface area contributed by atoms with Gasteiger partial charge in [0.2, 0.25) is 0 Å². The van der Waals surface area contributed by atoms with Crippen molar-refractivity contribution >= 4 is 22.7 Å². The molecular formula is C36H28N2. The summed E-state index contributed by atoms with van der Waals surface area (Å²) in [6.45, 7) is 0. The van der Waals surface area contributed by atoms with Crippen molar-refractivity contribution in [2.75, 3.05) is 10.6 Å². The van der Waals surface area contributed by atoms with Crippen molar-refractivity contribution in [3.63, 3.8) is 0 Å². The lowest BCUT2D eigenvalue weighted by molar-refractivity contribution is 1.28. The summed E-state index contributed by atoms with van der Waals surface area (Å²) >= 11 is 0. The molecule has 0 amide bonds. The molecule has 2 heteroatoms. The van der Waals surface area contributed by atoms with Crippen molar-refractivity contribution in [2.45, 2.75) is 0 Å². The van der Waals surface area contributed by atoms with Crippen LogP contribution >= 0.6 is 0 Å². The van der Waals surface area contributed by atoms with Crippen molar-refractivity contribution in [1.29, 1.82) is 0 Å². The number of benzene rings is 6. The van der Waals surface area contributed by atoms with Gasteiger partial charge in [-0.1, -0.05) is 109 Å². The lowest BCUT2D eigenvalue weighted by Crippen LogP contribution is -2.10. The number of hydrogen-bond donors (Lipinski definition) is 1. The van der Waals surface area contributed by atoms with Crippen LogP contribution in [0.15, 0.2) is 158 Å². The van der Waals surface area contributed by atoms with Crippen LogP contribution in [-0.2, 0) is 0 Å². The minimum atomic E-state index is 0.772. The van der Waals surface area contributed by atoms with E-state index in [1.165, 1.54) is 22.3 Å². The Morgan fingerprint density at radius 2 is 0.711 bits per heavy atom. The lowest BCUT2D eigenvalue weighted by Gasteiger charge is -2.26. The summed E-state index contributed by atoms with van der Waals surface area (Å²) in [6, 6.07) is 55.3. The van der Waals surface area contributed by atoms with Crippen LogP contribution in [0.1, 0.15) is 0 Å². The number of nitrogens with zero attached hydrogens (tertiary/aromatic N) is 1. The van der Waals surface area contributed by atoms with Gasteiger partial charge in [-0.05, 0) is 81.9 Å². The number of nitrogen functional groups attached to an aromatic ring is 1. The summed E-state index contributed by atoms with van der Waals surface area (Å²) in [5.74, 6) is 0. The van der Waals surface area contributed by atoms with E-state index in [0.29, 0.717) is 0 Å². The van der Waals surface area contributed by atoms with Gasteiger partial charge in [0.1, 0.15) is 0 Å². The highest BCUT2D eigenvalue weighted by atomic mass is 15.1. The van der Waals surface area contributed by atoms with Crippen molar-refractivity contribution < 1.29 is 0 Å². The third-order valence-electron chi connectivity index (χ3n) is 6.81. The Hall–Kier alpha value is -5.08. The van der Waals surface area contributed by atoms with Gasteiger partial charge >= 0.3 is 0 Å². The Bertz CT molecular complexity index is 1620. The predicted molar refractivity (Wildman–Crippen MR) is 162 cm³/mol. The molecule has 0 fully saturated rings. The smallest absolute Gasteiger partial charge is 0.0467 e. The molecule has 0 aliphatic rings. The normalized spacial score (nSPS) is 10.7. The zero-order valence-corrected chi connectivity index (χ0v) is 21.0. The average Bonchev–Trinajstić information content (AvgIpc) is 3.00. The van der Waals surface area contributed by atoms with Crippen molar-refractivity contribution in [3.8, 4) is 33.4 Å². The molecule has 6 rings (SSSR count). The van der Waals surface area contributed by atoms with Crippen LogP contribution in [-0.4, -0.2) is 0 Å². The fraction of sp³-hybridized carbons (Fsp3) is 0. The highest BCUT2D eigenvalue weighted by Crippen LogP contribution is 2.38. The fourth-order valence-electron chi connectivity index (χ4n) is 4.81. The van der Waals surface area contributed by atoms with Gasteiger partial charge in [0.05, 0.1) is 0 Å². The van der Waals surface area contributed by atoms with Crippen LogP contribution in [0.3, 0.4) is 0 Å². The first-order valence-electron chi connectivity index (χ1n) is 12.8. The van der Waals surface area contributed by atoms with E-state index in [9.17, 15) is 0 Å². The maximum Gasteiger partial charge on any atom is 0.0467 e. The quantitative estimate of drug-likeness (QED) is 0.236. The first kappa shape index (κ1) is 23.3. The molecule has 0 aliphatic carbocycles. The maximum absolute atomic E-state index is 5.89. The van der Waals surface area contributed by atoms with Crippen LogP contribution in [0.5, 0.6) is 0 Å². The Morgan fingerprint density at radius 1 is 0.316 bits per heavy atom. The molecule has 182 valence electrons. The number of rotatable bonds is 6. The monoisotopic (exact) mass is 488 g/mol. The first-order valence-corrected chi connectivity index (χ1v) is 12.8. The topological polar surface area (TPSA) is 29.3 Å². The molecule has 0 heterocycles. The largest absolute Gasteiger partial charge is 0.399 e. The van der Waals surface area contributed by atoms with Gasteiger partial charge in [0.15, 0.2) is 0 Å². The van der Waals surface area contributed by atoms with E-state index in [1.807, 2.05) is 18.2 Å². The third-order valence-corrected chi connectivity index (χ3v) is 6.81. The highest BCUT2D eigenvalue weighted by Gasteiger charge is 2.14. The van der Waals surface area contributed by atoms with E-state index in [2.05, 4.69) is 144 Å². The average molecular weight is 489 g/mol. The summed E-state index contributed by atoms with van der Waals surface area (Å²) in [7, 11) is 0. The molecule has 6 aromatic rings. The molecule has 0 bridgehead atoms. The van der Waals surface area contributed by atoms with Crippen LogP contribution in [0, 0.1) is 0 Å². The standard InChI is InChI=1S/C36H28N2/c37-33-20-14-29(15-21-33)31-18-24-35(25-19-31)38(34-22-16-30(17-23-34)27-8-3-1-4-9-27)36-13-7-12-32(26-36)28-10-5-2-6-11-28/h1-26H,37H2. The first-order chi connectivity index (χ1) is 18.7. The molecule has 2 N–H and O–H groups in total. The third kappa shape index (κ3) is 4.93. The Morgan fingerprint density at radius 3 is 1.21 bits per heavy atom. The summed E-state index contributed by atoms with van der Waals surface area (Å²) in [5.41, 5.74) is 17.1. The molecule has 0 saturated carbocycles. The molecular weight excluding hydrogens is 460 g/mol. The molecule has 6 aromatic carbocycles. The predicted octanol–water partition coefficient (Wildman–Crippen LogP) is 9.74. The summed E-state index contributed by atoms with van der Waals surface area (Å²) in [5, 5.41) is 0. The Labute approximate surface area is 224 Å². The minimum absolute atomic E-state index is 0.772. The number of nitrogens with two attached hydrogens (primary N) is 1. The van der Waals surface area contributed by atoms with Gasteiger partial charge in [0, 0.05) is 22.7 Å². The minimum Gasteiger partial charge on any atom is -0.399 e. The van der Waals surface area contributed by atoms with Gasteiger partial charge in [-0.25, -0.2) is 0 Å². The van der Waals surface area contributed by atoms with Gasteiger partial charge in [-0.2, -0.15) is 0 Å². The molecule has 0 spiro atoms. The Kier molecular flexibility index (Phi) is 6.44. The second-order valence-corrected chi connectivity index (χ2v) is 9.33. The van der Waals surface area contributed by atoms with Gasteiger partial charge in [0.25, 0.3) is 0 Å². The van der Waals surface area contributed by atoms with E-state index in [1.54, 1.807) is 0 Å². The second-order valence-electron chi connectivity index (χ2n) is 9.33. The maximum atomic E-state index is 5.89. The lowest BCUT2D eigenvalue weighted by atomic mass is 10.0. The van der Waals surface area contributed by atoms with Crippen molar-refractivity contribution in [3.05, 3.63) is 158 Å². The van der Waals surface area contributed by atoms with Crippen molar-refractivity contribution in [2.24, 2.45) is 0 Å². The zero-order valence-electron chi connectivity index (χ0n) is 21.0. The van der Waals surface area contributed by atoms with Gasteiger partial charge < -0.3 is 10.6 Å². The van der Waals surface area contributed by atoms with Gasteiger partial charge in [-0.15, -0.1) is 0 Å². The SMILES string of the molecule is Nc1ccc(-c2ccc(N(c3ccc(-c4ccccc4)cc3)c3cccc(-c4ccccc4)c3)cc2)cc1. The van der Waals surface area contributed by atoms with Crippen LogP contribution in [0.4, 0.5) is 22.7 Å². The molecule has 0 saturated heterocycles. The molecule has 38 heavy (non-hydrogen) atoms. The molecule has 2 nitrogen and oxygen atoms in total. The summed E-state index contributed by atoms with van der Waals surface area (Å²) in [4.78, 5) is 2.31. The van der Waals surface area contributed by atoms with E-state index in [0.717, 1.165) is 33.9 Å². The van der Waals surface area contributed by atoms with Gasteiger partial charge in [-0.3, -0.25) is 0 Å². The van der Waals surface area contributed by atoms with E-state index >= 15 is 0 Å². The second kappa shape index (κ2) is 10.5. The molecule has 0 radical (unpaired) electrons. The highest BCUT2D eigenvalue weighted by molar-refractivity contribution is 5.82. The van der Waals surface area contributed by atoms with E-state index in [-0.39, 0.29) is 0 Å². The van der Waals surface area contributed by atoms with Crippen LogP contribution < -0.4 is 10.6 Å². The Balaban J connectivity index is 1.42. The summed E-state index contributed by atoms with van der Waals surface area (Å²) in [6.07, 6.45) is 0. The summed E-state index contributed by atoms with van der Waals surface area (Å²) < 4.78 is 0. The number of anilines is 4. The van der Waals surface area contributed by atoms with Crippen LogP contribution in [0.25, 0.3) is 33.4 Å². The van der Waals surface area contributed by atoms with Crippen LogP contribution in [0.2, 0.25) is 0 Å². The molecule has 0 atom stereocenters. The molecule has 0 unspecified atom stereocenters.